The van der Waals surface area contributed by atoms with Crippen molar-refractivity contribution in [1.82, 2.24) is 5.32 Å². The Kier molecular flexibility index (Phi) is 6.68. The van der Waals surface area contributed by atoms with Crippen LogP contribution in [0.25, 0.3) is 0 Å². The van der Waals surface area contributed by atoms with Crippen LogP contribution in [0.5, 0.6) is 0 Å². The van der Waals surface area contributed by atoms with Gasteiger partial charge >= 0.3 is 5.97 Å². The maximum atomic E-state index is 12.1. The summed E-state index contributed by atoms with van der Waals surface area (Å²) in [5.74, 6) is -0.874. The van der Waals surface area contributed by atoms with Gasteiger partial charge in [0.1, 0.15) is 0 Å². The highest BCUT2D eigenvalue weighted by Gasteiger charge is 2.30. The minimum Gasteiger partial charge on any atom is -0.453 e. The fourth-order valence-electron chi connectivity index (χ4n) is 2.95. The Balaban J connectivity index is 1.77. The molecular formula is C20H29NO5S. The van der Waals surface area contributed by atoms with Gasteiger partial charge in [-0.2, -0.15) is 0 Å². The molecule has 0 unspecified atom stereocenters. The van der Waals surface area contributed by atoms with Gasteiger partial charge in [-0.25, -0.2) is 8.42 Å². The van der Waals surface area contributed by atoms with Crippen molar-refractivity contribution in [1.29, 1.82) is 0 Å². The number of benzene rings is 1. The van der Waals surface area contributed by atoms with Crippen molar-refractivity contribution < 1.29 is 22.7 Å². The summed E-state index contributed by atoms with van der Waals surface area (Å²) < 4.78 is 28.0. The Labute approximate surface area is 161 Å². The number of aryl methyl sites for hydroxylation is 1. The molecule has 0 radical (unpaired) electrons. The molecule has 0 saturated carbocycles. The number of hydrogen-bond donors (Lipinski definition) is 1. The summed E-state index contributed by atoms with van der Waals surface area (Å²) >= 11 is 0. The summed E-state index contributed by atoms with van der Waals surface area (Å²) in [6.45, 7) is 7.93. The second kappa shape index (κ2) is 8.42. The molecule has 2 rings (SSSR count). The highest BCUT2D eigenvalue weighted by Crippen LogP contribution is 2.22. The third-order valence-corrected chi connectivity index (χ3v) is 6.46. The van der Waals surface area contributed by atoms with Crippen LogP contribution in [0.4, 0.5) is 0 Å². The van der Waals surface area contributed by atoms with Gasteiger partial charge in [-0.15, -0.1) is 0 Å². The van der Waals surface area contributed by atoms with Crippen LogP contribution in [0, 0.1) is 0 Å². The van der Waals surface area contributed by atoms with Crippen LogP contribution >= 0.6 is 0 Å². The number of nitrogens with one attached hydrogen (secondary N) is 1. The lowest BCUT2D eigenvalue weighted by atomic mass is 9.86. The van der Waals surface area contributed by atoms with Gasteiger partial charge in [0.05, 0.1) is 11.5 Å². The van der Waals surface area contributed by atoms with Crippen LogP contribution in [-0.2, 0) is 36.0 Å². The summed E-state index contributed by atoms with van der Waals surface area (Å²) in [7, 11) is -3.06. The van der Waals surface area contributed by atoms with E-state index in [9.17, 15) is 18.0 Å². The third-order valence-electron chi connectivity index (χ3n) is 4.69. The van der Waals surface area contributed by atoms with E-state index in [0.717, 1.165) is 5.56 Å². The SMILES string of the molecule is C[C@H](OC(=O)CCc1ccc(C(C)(C)C)cc1)C(=O)N[C@@H]1CCS(=O)(=O)C1. The van der Waals surface area contributed by atoms with Crippen LogP contribution in [0.1, 0.15) is 51.7 Å². The molecule has 1 heterocycles. The molecule has 1 aliphatic heterocycles. The second-order valence-electron chi connectivity index (χ2n) is 8.19. The van der Waals surface area contributed by atoms with Crippen LogP contribution in [0.2, 0.25) is 0 Å². The van der Waals surface area contributed by atoms with Crippen molar-refractivity contribution in [2.24, 2.45) is 0 Å². The number of carbonyl (C=O) groups excluding carboxylic acids is 2. The predicted octanol–water partition coefficient (Wildman–Crippen LogP) is 2.15. The molecule has 0 spiro atoms. The first-order chi connectivity index (χ1) is 12.5. The van der Waals surface area contributed by atoms with E-state index in [4.69, 9.17) is 4.74 Å². The molecule has 1 N–H and O–H groups in total. The van der Waals surface area contributed by atoms with Crippen LogP contribution in [0.3, 0.4) is 0 Å². The Morgan fingerprint density at radius 3 is 2.37 bits per heavy atom. The first-order valence-electron chi connectivity index (χ1n) is 9.26. The lowest BCUT2D eigenvalue weighted by molar-refractivity contribution is -0.155. The van der Waals surface area contributed by atoms with E-state index in [2.05, 4.69) is 38.2 Å². The van der Waals surface area contributed by atoms with Gasteiger partial charge in [-0.1, -0.05) is 45.0 Å². The highest BCUT2D eigenvalue weighted by atomic mass is 32.2. The third kappa shape index (κ3) is 6.65. The van der Waals surface area contributed by atoms with E-state index in [1.807, 2.05) is 12.1 Å². The smallest absolute Gasteiger partial charge is 0.306 e. The second-order valence-corrected chi connectivity index (χ2v) is 10.4. The standard InChI is InChI=1S/C20H29NO5S/c1-14(19(23)21-17-11-12-27(24,25)13-17)26-18(22)10-7-15-5-8-16(9-6-15)20(2,3)4/h5-6,8-9,14,17H,7,10-13H2,1-4H3,(H,21,23)/t14-,17+/m0/s1. The van der Waals surface area contributed by atoms with Gasteiger partial charge < -0.3 is 10.1 Å². The quantitative estimate of drug-likeness (QED) is 0.746. The normalized spacial score (nSPS) is 20.1. The summed E-state index contributed by atoms with van der Waals surface area (Å²) in [5.41, 5.74) is 2.35. The Morgan fingerprint density at radius 1 is 1.22 bits per heavy atom. The molecule has 1 aromatic carbocycles. The summed E-state index contributed by atoms with van der Waals surface area (Å²) in [5, 5.41) is 2.64. The number of hydrogen-bond acceptors (Lipinski definition) is 5. The molecule has 0 aromatic heterocycles. The lowest BCUT2D eigenvalue weighted by Crippen LogP contribution is -2.42. The van der Waals surface area contributed by atoms with E-state index >= 15 is 0 Å². The zero-order chi connectivity index (χ0) is 20.2. The van der Waals surface area contributed by atoms with Crippen LogP contribution in [-0.4, -0.2) is 43.9 Å². The van der Waals surface area contributed by atoms with Gasteiger partial charge in [0.25, 0.3) is 5.91 Å². The number of rotatable bonds is 6. The Hall–Kier alpha value is -1.89. The van der Waals surface area contributed by atoms with Gasteiger partial charge in [-0.05, 0) is 36.3 Å². The van der Waals surface area contributed by atoms with E-state index in [1.165, 1.54) is 12.5 Å². The fraction of sp³-hybridized carbons (Fsp3) is 0.600. The van der Waals surface area contributed by atoms with Gasteiger partial charge in [0, 0.05) is 12.5 Å². The highest BCUT2D eigenvalue weighted by molar-refractivity contribution is 7.91. The molecule has 150 valence electrons. The van der Waals surface area contributed by atoms with Gasteiger partial charge in [0.2, 0.25) is 0 Å². The summed E-state index contributed by atoms with van der Waals surface area (Å²) in [6, 6.07) is 7.73. The molecule has 2 atom stereocenters. The molecule has 0 aliphatic carbocycles. The van der Waals surface area contributed by atoms with E-state index < -0.39 is 33.9 Å². The zero-order valence-corrected chi connectivity index (χ0v) is 17.3. The largest absolute Gasteiger partial charge is 0.453 e. The predicted molar refractivity (Wildman–Crippen MR) is 104 cm³/mol. The van der Waals surface area contributed by atoms with Gasteiger partial charge in [-0.3, -0.25) is 9.59 Å². The number of carbonyl (C=O) groups is 2. The van der Waals surface area contributed by atoms with Crippen molar-refractivity contribution in [3.63, 3.8) is 0 Å². The molecule has 6 nitrogen and oxygen atoms in total. The Bertz CT molecular complexity index is 778. The maximum Gasteiger partial charge on any atom is 0.306 e. The average molecular weight is 396 g/mol. The molecule has 1 aliphatic rings. The van der Waals surface area contributed by atoms with E-state index in [0.29, 0.717) is 12.8 Å². The first kappa shape index (κ1) is 21.4. The molecule has 0 bridgehead atoms. The van der Waals surface area contributed by atoms with Crippen molar-refractivity contribution in [3.8, 4) is 0 Å². The molecule has 1 amide bonds. The monoisotopic (exact) mass is 395 g/mol. The lowest BCUT2D eigenvalue weighted by Gasteiger charge is -2.19. The number of amides is 1. The fourth-order valence-corrected chi connectivity index (χ4v) is 4.63. The zero-order valence-electron chi connectivity index (χ0n) is 16.4. The molecule has 7 heteroatoms. The van der Waals surface area contributed by atoms with Crippen LogP contribution in [0.15, 0.2) is 24.3 Å². The minimum atomic E-state index is -3.06. The topological polar surface area (TPSA) is 89.5 Å². The van der Waals surface area contributed by atoms with Crippen molar-refractivity contribution in [2.75, 3.05) is 11.5 Å². The Morgan fingerprint density at radius 2 is 1.85 bits per heavy atom. The number of sulfone groups is 1. The average Bonchev–Trinajstić information content (AvgIpc) is 2.91. The van der Waals surface area contributed by atoms with Gasteiger partial charge in [0.15, 0.2) is 15.9 Å². The molecule has 1 aromatic rings. The van der Waals surface area contributed by atoms with Crippen molar-refractivity contribution in [3.05, 3.63) is 35.4 Å². The van der Waals surface area contributed by atoms with Crippen molar-refractivity contribution >= 4 is 21.7 Å². The number of ether oxygens (including phenoxy) is 1. The molecule has 1 saturated heterocycles. The van der Waals surface area contributed by atoms with E-state index in [1.54, 1.807) is 0 Å². The molecule has 1 fully saturated rings. The summed E-state index contributed by atoms with van der Waals surface area (Å²) in [6.07, 6.45) is 0.186. The number of esters is 1. The minimum absolute atomic E-state index is 0.0516. The van der Waals surface area contributed by atoms with Crippen molar-refractivity contribution in [2.45, 2.75) is 64.5 Å². The van der Waals surface area contributed by atoms with Crippen LogP contribution < -0.4 is 5.32 Å². The summed E-state index contributed by atoms with van der Waals surface area (Å²) in [4.78, 5) is 24.1. The first-order valence-corrected chi connectivity index (χ1v) is 11.1. The molecular weight excluding hydrogens is 366 g/mol. The van der Waals surface area contributed by atoms with E-state index in [-0.39, 0.29) is 23.3 Å². The maximum absolute atomic E-state index is 12.1. The molecule has 27 heavy (non-hydrogen) atoms.